The number of hydrogen-bond donors (Lipinski definition) is 1. The van der Waals surface area contributed by atoms with Gasteiger partial charge in [0.25, 0.3) is 0 Å². The van der Waals surface area contributed by atoms with E-state index in [4.69, 9.17) is 0 Å². The van der Waals surface area contributed by atoms with E-state index in [-0.39, 0.29) is 47.9 Å². The SMILES string of the molecule is O=C(CN1C(=O)[C@@H]2[C@@H](C1=O)[C@H]1C=C[C@H]2C1)Nc1cccc(I)c1. The molecular formula is C17H15IN2O3. The normalized spacial score (nSPS) is 30.9. The third-order valence-corrected chi connectivity index (χ3v) is 5.64. The molecule has 2 fully saturated rings. The van der Waals surface area contributed by atoms with E-state index >= 15 is 0 Å². The van der Waals surface area contributed by atoms with E-state index in [0.717, 1.165) is 14.9 Å². The Balaban J connectivity index is 1.46. The maximum Gasteiger partial charge on any atom is 0.244 e. The minimum absolute atomic E-state index is 0.171. The number of hydrogen-bond acceptors (Lipinski definition) is 3. The molecule has 23 heavy (non-hydrogen) atoms. The molecule has 6 heteroatoms. The zero-order valence-electron chi connectivity index (χ0n) is 12.2. The quantitative estimate of drug-likeness (QED) is 0.461. The van der Waals surface area contributed by atoms with E-state index < -0.39 is 0 Å². The maximum absolute atomic E-state index is 12.5. The molecule has 0 radical (unpaired) electrons. The van der Waals surface area contributed by atoms with E-state index in [0.29, 0.717) is 5.69 Å². The van der Waals surface area contributed by atoms with E-state index in [1.807, 2.05) is 30.4 Å². The average Bonchev–Trinajstić information content (AvgIpc) is 3.17. The van der Waals surface area contributed by atoms with Crippen molar-refractivity contribution >= 4 is 46.0 Å². The molecule has 1 aromatic carbocycles. The average molecular weight is 422 g/mol. The highest BCUT2D eigenvalue weighted by Crippen LogP contribution is 2.52. The Morgan fingerprint density at radius 2 is 1.83 bits per heavy atom. The number of likely N-dealkylation sites (tertiary alicyclic amines) is 1. The fraction of sp³-hybridized carbons (Fsp3) is 0.353. The number of allylic oxidation sites excluding steroid dienone is 2. The number of nitrogens with zero attached hydrogens (tertiary/aromatic N) is 1. The molecule has 1 N–H and O–H groups in total. The van der Waals surface area contributed by atoms with Crippen LogP contribution in [0.5, 0.6) is 0 Å². The number of carbonyl (C=O) groups excluding carboxylic acids is 3. The van der Waals surface area contributed by atoms with Crippen molar-refractivity contribution in [1.82, 2.24) is 4.90 Å². The van der Waals surface area contributed by atoms with Crippen molar-refractivity contribution in [3.05, 3.63) is 40.0 Å². The van der Waals surface area contributed by atoms with Crippen LogP contribution in [0.2, 0.25) is 0 Å². The monoisotopic (exact) mass is 422 g/mol. The molecule has 2 aliphatic carbocycles. The zero-order valence-corrected chi connectivity index (χ0v) is 14.4. The smallest absolute Gasteiger partial charge is 0.244 e. The van der Waals surface area contributed by atoms with E-state index in [9.17, 15) is 14.4 Å². The summed E-state index contributed by atoms with van der Waals surface area (Å²) in [6, 6.07) is 7.39. The first-order valence-electron chi connectivity index (χ1n) is 7.63. The number of amides is 3. The lowest BCUT2D eigenvalue weighted by Gasteiger charge is -2.16. The molecule has 1 heterocycles. The minimum Gasteiger partial charge on any atom is -0.324 e. The molecule has 4 rings (SSSR count). The van der Waals surface area contributed by atoms with Crippen molar-refractivity contribution in [2.45, 2.75) is 6.42 Å². The van der Waals surface area contributed by atoms with Gasteiger partial charge in [-0.25, -0.2) is 0 Å². The van der Waals surface area contributed by atoms with Crippen LogP contribution in [0.4, 0.5) is 5.69 Å². The van der Waals surface area contributed by atoms with Crippen molar-refractivity contribution in [2.24, 2.45) is 23.7 Å². The lowest BCUT2D eigenvalue weighted by Crippen LogP contribution is -2.39. The summed E-state index contributed by atoms with van der Waals surface area (Å²) in [6.07, 6.45) is 4.99. The molecule has 118 valence electrons. The first-order chi connectivity index (χ1) is 11.0. The van der Waals surface area contributed by atoms with Gasteiger partial charge in [0, 0.05) is 9.26 Å². The number of nitrogens with one attached hydrogen (secondary N) is 1. The predicted molar refractivity (Wildman–Crippen MR) is 92.2 cm³/mol. The van der Waals surface area contributed by atoms with Gasteiger partial charge in [-0.3, -0.25) is 19.3 Å². The molecule has 0 spiro atoms. The van der Waals surface area contributed by atoms with Crippen LogP contribution in [0, 0.1) is 27.2 Å². The second-order valence-electron chi connectivity index (χ2n) is 6.32. The van der Waals surface area contributed by atoms with Crippen LogP contribution in [0.3, 0.4) is 0 Å². The number of fused-ring (bicyclic) bond motifs is 5. The van der Waals surface area contributed by atoms with Gasteiger partial charge in [0.15, 0.2) is 0 Å². The van der Waals surface area contributed by atoms with Crippen molar-refractivity contribution in [1.29, 1.82) is 0 Å². The second kappa shape index (κ2) is 5.43. The first kappa shape index (κ1) is 14.9. The molecule has 5 nitrogen and oxygen atoms in total. The lowest BCUT2D eigenvalue weighted by molar-refractivity contribution is -0.143. The molecule has 0 aromatic heterocycles. The summed E-state index contributed by atoms with van der Waals surface area (Å²) < 4.78 is 1.01. The summed E-state index contributed by atoms with van der Waals surface area (Å²) in [7, 11) is 0. The molecule has 0 unspecified atom stereocenters. The Bertz CT molecular complexity index is 715. The third kappa shape index (κ3) is 2.39. The fourth-order valence-electron chi connectivity index (χ4n) is 4.03. The van der Waals surface area contributed by atoms with Crippen molar-refractivity contribution in [3.63, 3.8) is 0 Å². The summed E-state index contributed by atoms with van der Waals surface area (Å²) in [5, 5.41) is 2.75. The largest absolute Gasteiger partial charge is 0.324 e. The highest BCUT2D eigenvalue weighted by atomic mass is 127. The number of rotatable bonds is 3. The van der Waals surface area contributed by atoms with Gasteiger partial charge in [-0.1, -0.05) is 18.2 Å². The molecular weight excluding hydrogens is 407 g/mol. The summed E-state index contributed by atoms with van der Waals surface area (Å²) in [6.45, 7) is -0.199. The van der Waals surface area contributed by atoms with Gasteiger partial charge in [0.1, 0.15) is 6.54 Å². The van der Waals surface area contributed by atoms with E-state index in [1.165, 1.54) is 0 Å². The topological polar surface area (TPSA) is 66.5 Å². The van der Waals surface area contributed by atoms with Crippen molar-refractivity contribution in [2.75, 3.05) is 11.9 Å². The highest BCUT2D eigenvalue weighted by molar-refractivity contribution is 14.1. The number of carbonyl (C=O) groups is 3. The Labute approximate surface area is 147 Å². The molecule has 4 atom stereocenters. The van der Waals surface area contributed by atoms with Gasteiger partial charge in [-0.05, 0) is 59.0 Å². The summed E-state index contributed by atoms with van der Waals surface area (Å²) in [5.74, 6) is -0.861. The molecule has 1 saturated carbocycles. The van der Waals surface area contributed by atoms with Crippen LogP contribution >= 0.6 is 22.6 Å². The molecule has 1 aromatic rings. The Hall–Kier alpha value is -1.70. The van der Waals surface area contributed by atoms with Crippen LogP contribution in [-0.2, 0) is 14.4 Å². The first-order valence-corrected chi connectivity index (χ1v) is 8.71. The number of anilines is 1. The minimum atomic E-state index is -0.339. The summed E-state index contributed by atoms with van der Waals surface area (Å²) in [4.78, 5) is 38.4. The number of halogens is 1. The predicted octanol–water partition coefficient (Wildman–Crippen LogP) is 2.04. The highest BCUT2D eigenvalue weighted by Gasteiger charge is 2.59. The van der Waals surface area contributed by atoms with E-state index in [2.05, 4.69) is 27.9 Å². The molecule has 1 saturated heterocycles. The van der Waals surface area contributed by atoms with Gasteiger partial charge in [0.05, 0.1) is 11.8 Å². The molecule has 3 amide bonds. The zero-order chi connectivity index (χ0) is 16.1. The Morgan fingerprint density at radius 3 is 2.43 bits per heavy atom. The van der Waals surface area contributed by atoms with Gasteiger partial charge in [0.2, 0.25) is 17.7 Å². The summed E-state index contributed by atoms with van der Waals surface area (Å²) >= 11 is 2.16. The molecule has 3 aliphatic rings. The van der Waals surface area contributed by atoms with Gasteiger partial charge < -0.3 is 5.32 Å². The Kier molecular flexibility index (Phi) is 3.51. The second-order valence-corrected chi connectivity index (χ2v) is 7.57. The third-order valence-electron chi connectivity index (χ3n) is 4.97. The van der Waals surface area contributed by atoms with Crippen LogP contribution in [0.15, 0.2) is 36.4 Å². The van der Waals surface area contributed by atoms with Gasteiger partial charge >= 0.3 is 0 Å². The van der Waals surface area contributed by atoms with Crippen LogP contribution in [0.1, 0.15) is 6.42 Å². The standard InChI is InChI=1S/C17H15IN2O3/c18-11-2-1-3-12(7-11)19-13(21)8-20-16(22)14-9-4-5-10(6-9)15(14)17(20)23/h1-5,7,9-10,14-15H,6,8H2,(H,19,21)/t9-,10-,14-,15-/m0/s1. The fourth-order valence-corrected chi connectivity index (χ4v) is 4.57. The van der Waals surface area contributed by atoms with E-state index in [1.54, 1.807) is 6.07 Å². The number of imide groups is 1. The van der Waals surface area contributed by atoms with Crippen molar-refractivity contribution in [3.8, 4) is 0 Å². The number of benzene rings is 1. The van der Waals surface area contributed by atoms with Crippen LogP contribution in [-0.4, -0.2) is 29.2 Å². The van der Waals surface area contributed by atoms with Crippen molar-refractivity contribution < 1.29 is 14.4 Å². The van der Waals surface area contributed by atoms with Crippen LogP contribution < -0.4 is 5.32 Å². The van der Waals surface area contributed by atoms with Gasteiger partial charge in [-0.15, -0.1) is 0 Å². The van der Waals surface area contributed by atoms with Gasteiger partial charge in [-0.2, -0.15) is 0 Å². The summed E-state index contributed by atoms with van der Waals surface area (Å²) in [5.41, 5.74) is 0.669. The molecule has 2 bridgehead atoms. The Morgan fingerprint density at radius 1 is 1.17 bits per heavy atom. The lowest BCUT2D eigenvalue weighted by atomic mass is 9.85. The maximum atomic E-state index is 12.5. The molecule has 1 aliphatic heterocycles. The van der Waals surface area contributed by atoms with Crippen LogP contribution in [0.25, 0.3) is 0 Å².